The van der Waals surface area contributed by atoms with E-state index in [-0.39, 0.29) is 6.10 Å². The molecule has 3 heterocycles. The number of anilines is 1. The molecule has 1 fully saturated rings. The summed E-state index contributed by atoms with van der Waals surface area (Å²) in [5, 5.41) is 18.0. The number of aliphatic hydroxyl groups is 1. The van der Waals surface area contributed by atoms with Crippen LogP contribution in [0.5, 0.6) is 0 Å². The highest BCUT2D eigenvalue weighted by Gasteiger charge is 2.19. The maximum absolute atomic E-state index is 9.71. The summed E-state index contributed by atoms with van der Waals surface area (Å²) in [4.78, 5) is 9.03. The molecular formula is C23H23N5O. The molecule has 0 radical (unpaired) electrons. The van der Waals surface area contributed by atoms with Crippen LogP contribution in [0.1, 0.15) is 25.7 Å². The Morgan fingerprint density at radius 2 is 1.72 bits per heavy atom. The average Bonchev–Trinajstić information content (AvgIpc) is 3.19. The number of nitrogens with zero attached hydrogens (tertiary/aromatic N) is 4. The molecule has 0 spiro atoms. The Morgan fingerprint density at radius 3 is 2.55 bits per heavy atom. The number of benzene rings is 1. The van der Waals surface area contributed by atoms with Crippen molar-refractivity contribution in [1.82, 2.24) is 19.6 Å². The fourth-order valence-electron chi connectivity index (χ4n) is 3.93. The zero-order chi connectivity index (χ0) is 19.6. The zero-order valence-corrected chi connectivity index (χ0v) is 16.1. The van der Waals surface area contributed by atoms with E-state index in [9.17, 15) is 5.11 Å². The summed E-state index contributed by atoms with van der Waals surface area (Å²) in [5.41, 5.74) is 4.77. The molecule has 0 unspecified atom stereocenters. The van der Waals surface area contributed by atoms with Crippen LogP contribution in [0.15, 0.2) is 67.0 Å². The van der Waals surface area contributed by atoms with Crippen LogP contribution in [0.2, 0.25) is 0 Å². The van der Waals surface area contributed by atoms with E-state index >= 15 is 0 Å². The zero-order valence-electron chi connectivity index (χ0n) is 16.1. The predicted octanol–water partition coefficient (Wildman–Crippen LogP) is 4.17. The topological polar surface area (TPSA) is 75.3 Å². The van der Waals surface area contributed by atoms with E-state index in [2.05, 4.69) is 33.5 Å². The maximum atomic E-state index is 9.71. The number of aromatic nitrogens is 4. The minimum absolute atomic E-state index is 0.158. The van der Waals surface area contributed by atoms with Gasteiger partial charge in [-0.2, -0.15) is 0 Å². The summed E-state index contributed by atoms with van der Waals surface area (Å²) < 4.78 is 1.88. The number of aliphatic hydroxyl groups excluding tert-OH is 1. The second kappa shape index (κ2) is 7.64. The fourth-order valence-corrected chi connectivity index (χ4v) is 3.93. The van der Waals surface area contributed by atoms with Crippen molar-refractivity contribution in [3.05, 3.63) is 67.0 Å². The number of pyridine rings is 1. The lowest BCUT2D eigenvalue weighted by Gasteiger charge is -2.26. The lowest BCUT2D eigenvalue weighted by Crippen LogP contribution is -2.28. The van der Waals surface area contributed by atoms with Crippen LogP contribution in [-0.4, -0.2) is 36.8 Å². The molecule has 0 aliphatic heterocycles. The van der Waals surface area contributed by atoms with Crippen molar-refractivity contribution < 1.29 is 5.11 Å². The second-order valence-electron chi connectivity index (χ2n) is 7.58. The van der Waals surface area contributed by atoms with E-state index in [4.69, 9.17) is 5.10 Å². The number of fused-ring (bicyclic) bond motifs is 1. The highest BCUT2D eigenvalue weighted by Crippen LogP contribution is 2.26. The molecule has 0 bridgehead atoms. The van der Waals surface area contributed by atoms with Gasteiger partial charge in [-0.15, -0.1) is 5.10 Å². The standard InChI is InChI=1S/C23H23N5O/c29-19-8-6-18(7-9-19)26-22-10-11-23-25-15-21(28(23)27-22)17-12-13-24-20(14-17)16-4-2-1-3-5-16/h1-5,10-15,18-19,29H,6-9H2,(H,26,27)/t18-,19-. The molecule has 3 aromatic heterocycles. The van der Waals surface area contributed by atoms with Crippen LogP contribution < -0.4 is 5.32 Å². The first-order valence-electron chi connectivity index (χ1n) is 10.1. The van der Waals surface area contributed by atoms with Gasteiger partial charge >= 0.3 is 0 Å². The molecule has 1 saturated carbocycles. The van der Waals surface area contributed by atoms with E-state index in [1.54, 1.807) is 0 Å². The Labute approximate surface area is 169 Å². The molecule has 6 heteroatoms. The van der Waals surface area contributed by atoms with Crippen molar-refractivity contribution in [1.29, 1.82) is 0 Å². The molecular weight excluding hydrogens is 362 g/mol. The van der Waals surface area contributed by atoms with Gasteiger partial charge in [0.2, 0.25) is 0 Å². The summed E-state index contributed by atoms with van der Waals surface area (Å²) in [6.07, 6.45) is 7.13. The van der Waals surface area contributed by atoms with Gasteiger partial charge in [-0.3, -0.25) is 4.98 Å². The number of imidazole rings is 1. The third kappa shape index (κ3) is 3.71. The minimum atomic E-state index is -0.158. The van der Waals surface area contributed by atoms with Gasteiger partial charge in [-0.25, -0.2) is 9.50 Å². The summed E-state index contributed by atoms with van der Waals surface area (Å²) in [7, 11) is 0. The van der Waals surface area contributed by atoms with Gasteiger partial charge < -0.3 is 10.4 Å². The molecule has 0 amide bonds. The molecule has 1 aromatic carbocycles. The normalized spacial score (nSPS) is 19.3. The Balaban J connectivity index is 1.46. The lowest BCUT2D eigenvalue weighted by molar-refractivity contribution is 0.126. The van der Waals surface area contributed by atoms with Gasteiger partial charge in [-0.05, 0) is 49.9 Å². The number of hydrogen-bond donors (Lipinski definition) is 2. The molecule has 146 valence electrons. The van der Waals surface area contributed by atoms with Crippen LogP contribution in [0.4, 0.5) is 5.82 Å². The predicted molar refractivity (Wildman–Crippen MR) is 114 cm³/mol. The molecule has 6 nitrogen and oxygen atoms in total. The fraction of sp³-hybridized carbons (Fsp3) is 0.261. The molecule has 1 aliphatic rings. The summed E-state index contributed by atoms with van der Waals surface area (Å²) in [6, 6.07) is 18.5. The quantitative estimate of drug-likeness (QED) is 0.551. The molecule has 0 atom stereocenters. The average molecular weight is 385 g/mol. The van der Waals surface area contributed by atoms with Crippen LogP contribution in [0.3, 0.4) is 0 Å². The summed E-state index contributed by atoms with van der Waals surface area (Å²) in [6.45, 7) is 0. The van der Waals surface area contributed by atoms with Crippen molar-refractivity contribution in [3.63, 3.8) is 0 Å². The minimum Gasteiger partial charge on any atom is -0.393 e. The van der Waals surface area contributed by atoms with Crippen LogP contribution >= 0.6 is 0 Å². The number of rotatable bonds is 4. The highest BCUT2D eigenvalue weighted by atomic mass is 16.3. The molecule has 0 saturated heterocycles. The van der Waals surface area contributed by atoms with Crippen molar-refractivity contribution in [2.75, 3.05) is 5.32 Å². The van der Waals surface area contributed by atoms with Crippen LogP contribution in [0.25, 0.3) is 28.2 Å². The second-order valence-corrected chi connectivity index (χ2v) is 7.58. The van der Waals surface area contributed by atoms with Crippen LogP contribution in [-0.2, 0) is 0 Å². The molecule has 29 heavy (non-hydrogen) atoms. The van der Waals surface area contributed by atoms with Crippen molar-refractivity contribution in [2.45, 2.75) is 37.8 Å². The van der Waals surface area contributed by atoms with Crippen molar-refractivity contribution in [2.24, 2.45) is 0 Å². The van der Waals surface area contributed by atoms with E-state index in [0.717, 1.165) is 59.7 Å². The van der Waals surface area contributed by atoms with E-state index in [1.165, 1.54) is 0 Å². The first-order valence-corrected chi connectivity index (χ1v) is 10.1. The Hall–Kier alpha value is -3.25. The van der Waals surface area contributed by atoms with E-state index in [0.29, 0.717) is 6.04 Å². The van der Waals surface area contributed by atoms with Gasteiger partial charge in [0.1, 0.15) is 5.82 Å². The van der Waals surface area contributed by atoms with Gasteiger partial charge in [0.15, 0.2) is 5.65 Å². The Morgan fingerprint density at radius 1 is 0.897 bits per heavy atom. The summed E-state index contributed by atoms with van der Waals surface area (Å²) in [5.74, 6) is 0.829. The first kappa shape index (κ1) is 17.8. The van der Waals surface area contributed by atoms with E-state index < -0.39 is 0 Å². The van der Waals surface area contributed by atoms with Crippen LogP contribution in [0, 0.1) is 0 Å². The highest BCUT2D eigenvalue weighted by molar-refractivity contribution is 5.70. The molecule has 1 aliphatic carbocycles. The largest absolute Gasteiger partial charge is 0.393 e. The van der Waals surface area contributed by atoms with Gasteiger partial charge in [0.25, 0.3) is 0 Å². The van der Waals surface area contributed by atoms with Crippen molar-refractivity contribution in [3.8, 4) is 22.5 Å². The molecule has 2 N–H and O–H groups in total. The number of nitrogens with one attached hydrogen (secondary N) is 1. The smallest absolute Gasteiger partial charge is 0.154 e. The van der Waals surface area contributed by atoms with Gasteiger partial charge in [0.05, 0.1) is 23.7 Å². The van der Waals surface area contributed by atoms with E-state index in [1.807, 2.05) is 53.3 Å². The van der Waals surface area contributed by atoms with Gasteiger partial charge in [-0.1, -0.05) is 30.3 Å². The maximum Gasteiger partial charge on any atom is 0.154 e. The SMILES string of the molecule is O[C@H]1CC[C@H](Nc2ccc3ncc(-c4ccnc(-c5ccccc5)c4)n3n2)CC1. The van der Waals surface area contributed by atoms with Crippen molar-refractivity contribution >= 4 is 11.5 Å². The third-order valence-corrected chi connectivity index (χ3v) is 5.54. The monoisotopic (exact) mass is 385 g/mol. The third-order valence-electron chi connectivity index (χ3n) is 5.54. The molecule has 4 aromatic rings. The Bertz CT molecular complexity index is 1120. The Kier molecular flexibility index (Phi) is 4.69. The molecule has 5 rings (SSSR count). The lowest BCUT2D eigenvalue weighted by atomic mass is 9.93. The summed E-state index contributed by atoms with van der Waals surface area (Å²) >= 11 is 0. The first-order chi connectivity index (χ1) is 14.3. The van der Waals surface area contributed by atoms with Gasteiger partial charge in [0, 0.05) is 23.4 Å². The number of hydrogen-bond acceptors (Lipinski definition) is 5.